The Morgan fingerprint density at radius 1 is 1.00 bits per heavy atom. The van der Waals surface area contributed by atoms with Crippen molar-refractivity contribution in [1.82, 2.24) is 4.90 Å². The molecular formula is C22H28N2O6S. The van der Waals surface area contributed by atoms with Crippen molar-refractivity contribution in [3.63, 3.8) is 0 Å². The molecule has 0 unspecified atom stereocenters. The lowest BCUT2D eigenvalue weighted by Gasteiger charge is -2.16. The molecule has 2 rings (SSSR count). The molecule has 0 aliphatic rings. The number of nitrogens with one attached hydrogen (secondary N) is 1. The highest BCUT2D eigenvalue weighted by molar-refractivity contribution is 7.18. The van der Waals surface area contributed by atoms with Crippen molar-refractivity contribution in [2.24, 2.45) is 0 Å². The minimum absolute atomic E-state index is 0.168. The number of thiophene rings is 1. The molecule has 1 aromatic heterocycles. The van der Waals surface area contributed by atoms with E-state index in [2.05, 4.69) is 5.32 Å². The van der Waals surface area contributed by atoms with Crippen LogP contribution in [0.3, 0.4) is 0 Å². The highest BCUT2D eigenvalue weighted by Gasteiger charge is 2.26. The maximum Gasteiger partial charge on any atom is 0.348 e. The molecular weight excluding hydrogens is 420 g/mol. The summed E-state index contributed by atoms with van der Waals surface area (Å²) in [6, 6.07) is 7.83. The van der Waals surface area contributed by atoms with Crippen LogP contribution in [0.4, 0.5) is 5.00 Å². The molecule has 0 radical (unpaired) electrons. The van der Waals surface area contributed by atoms with Crippen LogP contribution >= 0.6 is 11.3 Å². The highest BCUT2D eigenvalue weighted by Crippen LogP contribution is 2.34. The molecule has 8 nitrogen and oxygen atoms in total. The largest absolute Gasteiger partial charge is 0.492 e. The van der Waals surface area contributed by atoms with Gasteiger partial charge in [0.15, 0.2) is 0 Å². The Morgan fingerprint density at radius 3 is 2.26 bits per heavy atom. The number of rotatable bonds is 10. The third-order valence-electron chi connectivity index (χ3n) is 4.64. The molecule has 9 heteroatoms. The minimum Gasteiger partial charge on any atom is -0.492 e. The van der Waals surface area contributed by atoms with Crippen LogP contribution in [0, 0.1) is 13.8 Å². The first kappa shape index (κ1) is 24.4. The molecule has 0 bridgehead atoms. The van der Waals surface area contributed by atoms with Gasteiger partial charge in [-0.05, 0) is 38.6 Å². The molecule has 0 spiro atoms. The molecule has 0 fully saturated rings. The average Bonchev–Trinajstić information content (AvgIpc) is 3.08. The van der Waals surface area contributed by atoms with E-state index in [1.807, 2.05) is 43.1 Å². The first-order chi connectivity index (χ1) is 14.8. The average molecular weight is 449 g/mol. The number of nitrogens with zero attached hydrogens (tertiary/aromatic N) is 1. The monoisotopic (exact) mass is 448 g/mol. The maximum atomic E-state index is 12.4. The van der Waals surface area contributed by atoms with Crippen LogP contribution in [0.15, 0.2) is 24.3 Å². The fraction of sp³-hybridized carbons (Fsp3) is 0.409. The van der Waals surface area contributed by atoms with Gasteiger partial charge in [0.05, 0.1) is 19.8 Å². The molecule has 168 valence electrons. The number of benzene rings is 1. The van der Waals surface area contributed by atoms with Gasteiger partial charge >= 0.3 is 11.9 Å². The fourth-order valence-corrected chi connectivity index (χ4v) is 3.91. The summed E-state index contributed by atoms with van der Waals surface area (Å²) in [7, 11) is 4.41. The standard InChI is InChI=1S/C22H28N2O6S/c1-14-6-8-16(9-7-14)30-13-12-24(3)11-10-17(25)23-20-18(21(26)28-4)15(2)19(31-20)22(27)29-5/h6-9H,10-13H2,1-5H3,(H,23,25). The quantitative estimate of drug-likeness (QED) is 0.558. The van der Waals surface area contributed by atoms with E-state index >= 15 is 0 Å². The number of carbonyl (C=O) groups is 3. The molecule has 0 saturated heterocycles. The van der Waals surface area contributed by atoms with Gasteiger partial charge in [-0.1, -0.05) is 17.7 Å². The van der Waals surface area contributed by atoms with Crippen molar-refractivity contribution >= 4 is 34.2 Å². The minimum atomic E-state index is -0.621. The molecule has 1 amide bonds. The van der Waals surface area contributed by atoms with Gasteiger partial charge in [0, 0.05) is 19.5 Å². The van der Waals surface area contributed by atoms with Crippen molar-refractivity contribution in [3.05, 3.63) is 45.8 Å². The number of hydrogen-bond donors (Lipinski definition) is 1. The van der Waals surface area contributed by atoms with E-state index in [-0.39, 0.29) is 27.8 Å². The summed E-state index contributed by atoms with van der Waals surface area (Å²) in [5.41, 5.74) is 1.76. The van der Waals surface area contributed by atoms with Gasteiger partial charge < -0.3 is 24.4 Å². The van der Waals surface area contributed by atoms with Gasteiger partial charge in [0.2, 0.25) is 5.91 Å². The zero-order valence-corrected chi connectivity index (χ0v) is 19.3. The number of methoxy groups -OCH3 is 2. The SMILES string of the molecule is COC(=O)c1sc(NC(=O)CCN(C)CCOc2ccc(C)cc2)c(C(=O)OC)c1C. The third kappa shape index (κ3) is 6.80. The van der Waals surface area contributed by atoms with E-state index in [1.54, 1.807) is 6.92 Å². The van der Waals surface area contributed by atoms with E-state index in [4.69, 9.17) is 14.2 Å². The molecule has 0 aliphatic heterocycles. The Kier molecular flexibility index (Phi) is 9.02. The summed E-state index contributed by atoms with van der Waals surface area (Å²) in [5.74, 6) is -0.651. The molecule has 0 atom stereocenters. The predicted molar refractivity (Wildman–Crippen MR) is 119 cm³/mol. The number of amides is 1. The van der Waals surface area contributed by atoms with Crippen LogP contribution in [-0.2, 0) is 14.3 Å². The van der Waals surface area contributed by atoms with Gasteiger partial charge in [-0.25, -0.2) is 9.59 Å². The summed E-state index contributed by atoms with van der Waals surface area (Å²) >= 11 is 0.997. The molecule has 0 aliphatic carbocycles. The van der Waals surface area contributed by atoms with Gasteiger partial charge in [-0.3, -0.25) is 4.79 Å². The van der Waals surface area contributed by atoms with E-state index in [1.165, 1.54) is 19.8 Å². The zero-order valence-electron chi connectivity index (χ0n) is 18.4. The fourth-order valence-electron chi connectivity index (χ4n) is 2.78. The zero-order chi connectivity index (χ0) is 23.0. The molecule has 1 aromatic carbocycles. The van der Waals surface area contributed by atoms with Crippen LogP contribution in [0.25, 0.3) is 0 Å². The first-order valence-electron chi connectivity index (χ1n) is 9.74. The third-order valence-corrected chi connectivity index (χ3v) is 5.83. The van der Waals surface area contributed by atoms with Gasteiger partial charge in [-0.15, -0.1) is 11.3 Å². The number of likely N-dealkylation sites (N-methyl/N-ethyl adjacent to an activating group) is 1. The second-order valence-corrected chi connectivity index (χ2v) is 8.03. The Balaban J connectivity index is 1.89. The molecule has 1 heterocycles. The second kappa shape index (κ2) is 11.5. The van der Waals surface area contributed by atoms with E-state index < -0.39 is 11.9 Å². The molecule has 1 N–H and O–H groups in total. The van der Waals surface area contributed by atoms with Crippen LogP contribution < -0.4 is 10.1 Å². The Labute approximate surface area is 186 Å². The number of hydrogen-bond acceptors (Lipinski definition) is 8. The summed E-state index contributed by atoms with van der Waals surface area (Å²) in [4.78, 5) is 38.7. The molecule has 0 saturated carbocycles. The Hall–Kier alpha value is -2.91. The van der Waals surface area contributed by atoms with Gasteiger partial charge in [0.1, 0.15) is 22.2 Å². The van der Waals surface area contributed by atoms with Crippen molar-refractivity contribution in [2.45, 2.75) is 20.3 Å². The Morgan fingerprint density at radius 2 is 1.65 bits per heavy atom. The highest BCUT2D eigenvalue weighted by atomic mass is 32.1. The second-order valence-electron chi connectivity index (χ2n) is 7.01. The van der Waals surface area contributed by atoms with E-state index in [0.717, 1.165) is 17.1 Å². The van der Waals surface area contributed by atoms with Crippen LogP contribution in [0.5, 0.6) is 5.75 Å². The maximum absolute atomic E-state index is 12.4. The van der Waals surface area contributed by atoms with Crippen molar-refractivity contribution < 1.29 is 28.6 Å². The number of aryl methyl sites for hydroxylation is 1. The topological polar surface area (TPSA) is 94.2 Å². The predicted octanol–water partition coefficient (Wildman–Crippen LogP) is 3.28. The van der Waals surface area contributed by atoms with Crippen LogP contribution in [-0.4, -0.2) is 63.7 Å². The van der Waals surface area contributed by atoms with Gasteiger partial charge in [0.25, 0.3) is 0 Å². The van der Waals surface area contributed by atoms with Crippen molar-refractivity contribution in [1.29, 1.82) is 0 Å². The Bertz CT molecular complexity index is 923. The smallest absolute Gasteiger partial charge is 0.348 e. The first-order valence-corrected chi connectivity index (χ1v) is 10.6. The van der Waals surface area contributed by atoms with Crippen LogP contribution in [0.1, 0.15) is 37.6 Å². The van der Waals surface area contributed by atoms with E-state index in [0.29, 0.717) is 25.3 Å². The number of ether oxygens (including phenoxy) is 3. The van der Waals surface area contributed by atoms with Gasteiger partial charge in [-0.2, -0.15) is 0 Å². The normalized spacial score (nSPS) is 10.6. The number of esters is 2. The van der Waals surface area contributed by atoms with E-state index in [9.17, 15) is 14.4 Å². The molecule has 31 heavy (non-hydrogen) atoms. The summed E-state index contributed by atoms with van der Waals surface area (Å²) in [5, 5.41) is 3.00. The number of carbonyl (C=O) groups excluding carboxylic acids is 3. The van der Waals surface area contributed by atoms with Crippen molar-refractivity contribution in [2.75, 3.05) is 46.3 Å². The lowest BCUT2D eigenvalue weighted by molar-refractivity contribution is -0.116. The van der Waals surface area contributed by atoms with Crippen LogP contribution in [0.2, 0.25) is 0 Å². The molecule has 2 aromatic rings. The lowest BCUT2D eigenvalue weighted by atomic mass is 10.1. The summed E-state index contributed by atoms with van der Waals surface area (Å²) < 4.78 is 15.2. The summed E-state index contributed by atoms with van der Waals surface area (Å²) in [6.45, 7) is 5.29. The number of anilines is 1. The lowest BCUT2D eigenvalue weighted by Crippen LogP contribution is -2.28. The summed E-state index contributed by atoms with van der Waals surface area (Å²) in [6.07, 6.45) is 0.214. The van der Waals surface area contributed by atoms with Crippen molar-refractivity contribution in [3.8, 4) is 5.75 Å².